The highest BCUT2D eigenvalue weighted by atomic mass is 32.2. The summed E-state index contributed by atoms with van der Waals surface area (Å²) in [7, 11) is 3.55. The van der Waals surface area contributed by atoms with Crippen molar-refractivity contribution in [1.29, 1.82) is 0 Å². The molecule has 1 amide bonds. The molecule has 0 saturated carbocycles. The normalized spacial score (nSPS) is 21.6. The zero-order valence-electron chi connectivity index (χ0n) is 4.59. The number of hydrogen-bond donors (Lipinski definition) is 0. The van der Waals surface area contributed by atoms with E-state index in [0.29, 0.717) is 5.75 Å². The minimum Gasteiger partial charge on any atom is -0.339 e. The monoisotopic (exact) mass is 130 g/mol. The standard InChI is InChI=1S/C5H8NOS/c1-6-2-3-8-4-5(6)7/h1-4H2. The van der Waals surface area contributed by atoms with Crippen molar-refractivity contribution in [3.8, 4) is 0 Å². The van der Waals surface area contributed by atoms with E-state index in [1.165, 1.54) is 4.90 Å². The molecule has 0 aliphatic carbocycles. The molecule has 0 aromatic heterocycles. The van der Waals surface area contributed by atoms with Crippen molar-refractivity contribution in [3.05, 3.63) is 7.05 Å². The Labute approximate surface area is 53.2 Å². The summed E-state index contributed by atoms with van der Waals surface area (Å²) in [5.74, 6) is 1.81. The highest BCUT2D eigenvalue weighted by molar-refractivity contribution is 8.00. The van der Waals surface area contributed by atoms with Gasteiger partial charge in [-0.25, -0.2) is 0 Å². The Kier molecular flexibility index (Phi) is 1.78. The third kappa shape index (κ3) is 1.15. The lowest BCUT2D eigenvalue weighted by Crippen LogP contribution is -2.32. The molecule has 3 heteroatoms. The van der Waals surface area contributed by atoms with Crippen LogP contribution in [0.15, 0.2) is 0 Å². The van der Waals surface area contributed by atoms with Crippen molar-refractivity contribution in [2.45, 2.75) is 0 Å². The Bertz CT molecular complexity index is 105. The Hall–Kier alpha value is -0.180. The zero-order chi connectivity index (χ0) is 5.98. The zero-order valence-corrected chi connectivity index (χ0v) is 5.41. The van der Waals surface area contributed by atoms with Crippen LogP contribution < -0.4 is 0 Å². The van der Waals surface area contributed by atoms with Crippen LogP contribution in [0.25, 0.3) is 0 Å². The molecule has 1 aliphatic rings. The van der Waals surface area contributed by atoms with Gasteiger partial charge in [-0.1, -0.05) is 0 Å². The Morgan fingerprint density at radius 1 is 1.75 bits per heavy atom. The minimum absolute atomic E-state index is 0.154. The maximum atomic E-state index is 10.6. The van der Waals surface area contributed by atoms with Crippen molar-refractivity contribution in [1.82, 2.24) is 4.90 Å². The van der Waals surface area contributed by atoms with E-state index in [9.17, 15) is 4.79 Å². The van der Waals surface area contributed by atoms with Crippen molar-refractivity contribution in [3.63, 3.8) is 0 Å². The Morgan fingerprint density at radius 3 is 2.88 bits per heavy atom. The van der Waals surface area contributed by atoms with E-state index >= 15 is 0 Å². The molecule has 0 bridgehead atoms. The van der Waals surface area contributed by atoms with Crippen LogP contribution in [0.4, 0.5) is 0 Å². The highest BCUT2D eigenvalue weighted by Gasteiger charge is 2.12. The molecule has 8 heavy (non-hydrogen) atoms. The van der Waals surface area contributed by atoms with Crippen molar-refractivity contribution in [2.75, 3.05) is 18.1 Å². The van der Waals surface area contributed by atoms with E-state index in [0.717, 1.165) is 12.3 Å². The minimum atomic E-state index is 0.154. The second kappa shape index (κ2) is 2.40. The topological polar surface area (TPSA) is 20.3 Å². The lowest BCUT2D eigenvalue weighted by molar-refractivity contribution is -0.126. The fourth-order valence-corrected chi connectivity index (χ4v) is 1.40. The molecule has 2 nitrogen and oxygen atoms in total. The highest BCUT2D eigenvalue weighted by Crippen LogP contribution is 2.08. The summed E-state index contributed by atoms with van der Waals surface area (Å²) in [4.78, 5) is 12.2. The second-order valence-electron chi connectivity index (χ2n) is 1.71. The number of amides is 1. The lowest BCUT2D eigenvalue weighted by atomic mass is 10.5. The number of carbonyl (C=O) groups is 1. The summed E-state index contributed by atoms with van der Waals surface area (Å²) in [5.41, 5.74) is 0. The molecule has 45 valence electrons. The quantitative estimate of drug-likeness (QED) is 0.471. The van der Waals surface area contributed by atoms with Crippen LogP contribution >= 0.6 is 11.8 Å². The molecular formula is C5H8NOS. The Balaban J connectivity index is 2.39. The van der Waals surface area contributed by atoms with Gasteiger partial charge in [-0.2, -0.15) is 11.8 Å². The van der Waals surface area contributed by atoms with Crippen molar-refractivity contribution < 1.29 is 4.79 Å². The third-order valence-corrected chi connectivity index (χ3v) is 2.01. The van der Waals surface area contributed by atoms with Gasteiger partial charge < -0.3 is 4.90 Å². The number of nitrogens with zero attached hydrogens (tertiary/aromatic N) is 1. The molecule has 1 radical (unpaired) electrons. The van der Waals surface area contributed by atoms with Gasteiger partial charge in [-0.05, 0) is 0 Å². The average Bonchev–Trinajstić information content (AvgIpc) is 1.77. The molecule has 1 fully saturated rings. The van der Waals surface area contributed by atoms with E-state index in [2.05, 4.69) is 7.05 Å². The van der Waals surface area contributed by atoms with Gasteiger partial charge >= 0.3 is 0 Å². The van der Waals surface area contributed by atoms with Crippen LogP contribution in [0, 0.1) is 7.05 Å². The maximum absolute atomic E-state index is 10.6. The molecule has 1 rings (SSSR count). The van der Waals surface area contributed by atoms with Gasteiger partial charge in [-0.3, -0.25) is 4.79 Å². The molecule has 0 spiro atoms. The number of thioether (sulfide) groups is 1. The molecular weight excluding hydrogens is 122 g/mol. The van der Waals surface area contributed by atoms with Gasteiger partial charge in [0.1, 0.15) is 0 Å². The van der Waals surface area contributed by atoms with Crippen molar-refractivity contribution >= 4 is 17.7 Å². The van der Waals surface area contributed by atoms with Crippen LogP contribution in [0.5, 0.6) is 0 Å². The summed E-state index contributed by atoms with van der Waals surface area (Å²) in [6.45, 7) is 0.809. The van der Waals surface area contributed by atoms with Gasteiger partial charge in [0.05, 0.1) is 5.75 Å². The summed E-state index contributed by atoms with van der Waals surface area (Å²) in [6.07, 6.45) is 0. The third-order valence-electron chi connectivity index (χ3n) is 1.08. The van der Waals surface area contributed by atoms with E-state index in [-0.39, 0.29) is 5.91 Å². The van der Waals surface area contributed by atoms with Crippen LogP contribution in [-0.4, -0.2) is 28.9 Å². The van der Waals surface area contributed by atoms with Crippen LogP contribution in [-0.2, 0) is 4.79 Å². The summed E-state index contributed by atoms with van der Waals surface area (Å²) in [6, 6.07) is 0. The van der Waals surface area contributed by atoms with Gasteiger partial charge in [0.25, 0.3) is 0 Å². The summed E-state index contributed by atoms with van der Waals surface area (Å²) < 4.78 is 0. The van der Waals surface area contributed by atoms with Crippen LogP contribution in [0.3, 0.4) is 0 Å². The molecule has 1 heterocycles. The van der Waals surface area contributed by atoms with E-state index in [1.54, 1.807) is 11.8 Å². The first kappa shape index (κ1) is 5.95. The fourth-order valence-electron chi connectivity index (χ4n) is 0.550. The fraction of sp³-hybridized carbons (Fsp3) is 0.600. The average molecular weight is 130 g/mol. The molecule has 0 atom stereocenters. The maximum Gasteiger partial charge on any atom is 0.232 e. The molecule has 0 aromatic carbocycles. The van der Waals surface area contributed by atoms with Crippen LogP contribution in [0.2, 0.25) is 0 Å². The van der Waals surface area contributed by atoms with Crippen LogP contribution in [0.1, 0.15) is 0 Å². The summed E-state index contributed by atoms with van der Waals surface area (Å²) in [5, 5.41) is 0. The molecule has 1 aliphatic heterocycles. The van der Waals surface area contributed by atoms with Gasteiger partial charge in [0, 0.05) is 19.3 Å². The largest absolute Gasteiger partial charge is 0.339 e. The predicted molar refractivity (Wildman–Crippen MR) is 34.4 cm³/mol. The number of hydrogen-bond acceptors (Lipinski definition) is 2. The molecule has 1 saturated heterocycles. The van der Waals surface area contributed by atoms with Crippen molar-refractivity contribution in [2.24, 2.45) is 0 Å². The lowest BCUT2D eigenvalue weighted by Gasteiger charge is -2.20. The number of carbonyl (C=O) groups excluding carboxylic acids is 1. The summed E-state index contributed by atoms with van der Waals surface area (Å²) >= 11 is 1.68. The Morgan fingerprint density at radius 2 is 2.50 bits per heavy atom. The molecule has 0 N–H and O–H groups in total. The second-order valence-corrected chi connectivity index (χ2v) is 2.81. The number of rotatable bonds is 0. The van der Waals surface area contributed by atoms with E-state index < -0.39 is 0 Å². The first-order chi connectivity index (χ1) is 3.80. The molecule has 0 aromatic rings. The van der Waals surface area contributed by atoms with Gasteiger partial charge in [0.15, 0.2) is 0 Å². The first-order valence-electron chi connectivity index (χ1n) is 2.49. The van der Waals surface area contributed by atoms with Gasteiger partial charge in [0.2, 0.25) is 5.91 Å². The molecule has 0 unspecified atom stereocenters. The smallest absolute Gasteiger partial charge is 0.232 e. The SMILES string of the molecule is [CH2]N1CCSCC1=O. The van der Waals surface area contributed by atoms with E-state index in [1.807, 2.05) is 0 Å². The van der Waals surface area contributed by atoms with Gasteiger partial charge in [-0.15, -0.1) is 0 Å². The first-order valence-corrected chi connectivity index (χ1v) is 3.65. The predicted octanol–water partition coefficient (Wildman–Crippen LogP) is 0.353. The van der Waals surface area contributed by atoms with E-state index in [4.69, 9.17) is 0 Å².